The number of fused-ring (bicyclic) bond motifs is 1. The average Bonchev–Trinajstić information content (AvgIpc) is 2.72. The number of rotatable bonds is 1. The van der Waals surface area contributed by atoms with Crippen LogP contribution in [-0.2, 0) is 9.53 Å². The molecule has 0 bridgehead atoms. The molecule has 5 nitrogen and oxygen atoms in total. The molecule has 0 aromatic heterocycles. The van der Waals surface area contributed by atoms with Gasteiger partial charge in [-0.1, -0.05) is 17.7 Å². The Balaban J connectivity index is 2.02. The minimum atomic E-state index is -0.712. The first-order valence-electron chi connectivity index (χ1n) is 6.01. The molecule has 6 heteroatoms. The van der Waals surface area contributed by atoms with E-state index in [-0.39, 0.29) is 11.9 Å². The monoisotopic (exact) mass is 280 g/mol. The number of ether oxygens (including phenoxy) is 1. The highest BCUT2D eigenvalue weighted by molar-refractivity contribution is 6.31. The summed E-state index contributed by atoms with van der Waals surface area (Å²) in [5.41, 5.74) is -0.238. The number of hydrogen-bond donors (Lipinski definition) is 1. The van der Waals surface area contributed by atoms with Crippen molar-refractivity contribution in [3.63, 3.8) is 0 Å². The number of anilines is 1. The van der Waals surface area contributed by atoms with Crippen LogP contribution in [0, 0.1) is 5.41 Å². The second-order valence-electron chi connectivity index (χ2n) is 5.06. The maximum Gasteiger partial charge on any atom is 0.329 e. The van der Waals surface area contributed by atoms with Crippen molar-refractivity contribution >= 4 is 29.2 Å². The third-order valence-corrected chi connectivity index (χ3v) is 3.95. The molecular formula is C13H13ClN2O3. The van der Waals surface area contributed by atoms with Gasteiger partial charge in [0.25, 0.3) is 0 Å². The van der Waals surface area contributed by atoms with E-state index < -0.39 is 11.4 Å². The first-order valence-corrected chi connectivity index (χ1v) is 6.38. The Hall–Kier alpha value is -1.59. The van der Waals surface area contributed by atoms with Crippen molar-refractivity contribution < 1.29 is 14.3 Å². The van der Waals surface area contributed by atoms with Gasteiger partial charge in [-0.15, -0.1) is 0 Å². The molecule has 2 saturated heterocycles. The van der Waals surface area contributed by atoms with Gasteiger partial charge in [0.2, 0.25) is 5.91 Å². The van der Waals surface area contributed by atoms with Crippen LogP contribution in [0.5, 0.6) is 0 Å². The largest absolute Gasteiger partial charge is 0.378 e. The van der Waals surface area contributed by atoms with Crippen LogP contribution in [0.1, 0.15) is 6.92 Å². The number of nitrogens with one attached hydrogen (secondary N) is 1. The second kappa shape index (κ2) is 4.21. The van der Waals surface area contributed by atoms with E-state index in [1.165, 1.54) is 0 Å². The van der Waals surface area contributed by atoms with E-state index >= 15 is 0 Å². The van der Waals surface area contributed by atoms with E-state index in [2.05, 4.69) is 5.32 Å². The molecule has 1 N–H and O–H groups in total. The number of benzene rings is 1. The first-order chi connectivity index (χ1) is 9.02. The fraction of sp³-hybridized carbons (Fsp3) is 0.385. The van der Waals surface area contributed by atoms with Gasteiger partial charge in [0.1, 0.15) is 0 Å². The zero-order chi connectivity index (χ0) is 13.6. The van der Waals surface area contributed by atoms with Crippen LogP contribution < -0.4 is 10.2 Å². The van der Waals surface area contributed by atoms with E-state index in [9.17, 15) is 9.59 Å². The van der Waals surface area contributed by atoms with E-state index in [0.717, 1.165) is 4.90 Å². The SMILES string of the molecule is CC12COCC1NC(=O)N(c1cccc(Cl)c1)C2=O. The Morgan fingerprint density at radius 2 is 2.26 bits per heavy atom. The van der Waals surface area contributed by atoms with Gasteiger partial charge in [-0.3, -0.25) is 4.79 Å². The summed E-state index contributed by atoms with van der Waals surface area (Å²) in [7, 11) is 0. The summed E-state index contributed by atoms with van der Waals surface area (Å²) in [5.74, 6) is -0.249. The van der Waals surface area contributed by atoms with Gasteiger partial charge < -0.3 is 10.1 Å². The number of amides is 3. The Labute approximate surface area is 115 Å². The average molecular weight is 281 g/mol. The molecule has 2 aliphatic rings. The summed E-state index contributed by atoms with van der Waals surface area (Å²) >= 11 is 5.91. The Morgan fingerprint density at radius 1 is 1.47 bits per heavy atom. The minimum Gasteiger partial charge on any atom is -0.378 e. The highest BCUT2D eigenvalue weighted by Crippen LogP contribution is 2.36. The summed E-state index contributed by atoms with van der Waals surface area (Å²) in [6.45, 7) is 2.50. The maximum absolute atomic E-state index is 12.6. The molecule has 2 unspecified atom stereocenters. The number of halogens is 1. The lowest BCUT2D eigenvalue weighted by atomic mass is 9.82. The zero-order valence-electron chi connectivity index (χ0n) is 10.4. The molecule has 2 fully saturated rings. The predicted octanol–water partition coefficient (Wildman–Crippen LogP) is 1.80. The van der Waals surface area contributed by atoms with Crippen LogP contribution in [0.15, 0.2) is 24.3 Å². The van der Waals surface area contributed by atoms with Crippen LogP contribution in [-0.4, -0.2) is 31.2 Å². The molecular weight excluding hydrogens is 268 g/mol. The quantitative estimate of drug-likeness (QED) is 0.853. The smallest absolute Gasteiger partial charge is 0.329 e. The predicted molar refractivity (Wildman–Crippen MR) is 70.2 cm³/mol. The van der Waals surface area contributed by atoms with Crippen molar-refractivity contribution in [1.29, 1.82) is 0 Å². The molecule has 19 heavy (non-hydrogen) atoms. The molecule has 2 heterocycles. The van der Waals surface area contributed by atoms with Gasteiger partial charge in [0.15, 0.2) is 0 Å². The first kappa shape index (κ1) is 12.4. The van der Waals surface area contributed by atoms with Crippen molar-refractivity contribution in [2.75, 3.05) is 18.1 Å². The lowest BCUT2D eigenvalue weighted by Gasteiger charge is -2.39. The number of carbonyl (C=O) groups is 2. The normalized spacial score (nSPS) is 30.2. The van der Waals surface area contributed by atoms with Gasteiger partial charge in [0, 0.05) is 5.02 Å². The Bertz CT molecular complexity index is 563. The van der Waals surface area contributed by atoms with Gasteiger partial charge in [-0.25, -0.2) is 9.69 Å². The van der Waals surface area contributed by atoms with Gasteiger partial charge in [-0.05, 0) is 25.1 Å². The molecule has 0 saturated carbocycles. The summed E-state index contributed by atoms with van der Waals surface area (Å²) in [6, 6.07) is 5.99. The molecule has 0 spiro atoms. The van der Waals surface area contributed by atoms with Crippen molar-refractivity contribution in [2.24, 2.45) is 5.41 Å². The van der Waals surface area contributed by atoms with Crippen molar-refractivity contribution in [1.82, 2.24) is 5.32 Å². The molecule has 1 aromatic rings. The highest BCUT2D eigenvalue weighted by Gasteiger charge is 2.54. The fourth-order valence-corrected chi connectivity index (χ4v) is 2.68. The molecule has 100 valence electrons. The molecule has 3 rings (SSSR count). The number of imide groups is 1. The minimum absolute atomic E-state index is 0.249. The molecule has 2 atom stereocenters. The van der Waals surface area contributed by atoms with Gasteiger partial charge >= 0.3 is 6.03 Å². The van der Waals surface area contributed by atoms with Crippen LogP contribution in [0.4, 0.5) is 10.5 Å². The van der Waals surface area contributed by atoms with Gasteiger partial charge in [-0.2, -0.15) is 0 Å². The summed E-state index contributed by atoms with van der Waals surface area (Å²) in [6.07, 6.45) is 0. The summed E-state index contributed by atoms with van der Waals surface area (Å²) in [4.78, 5) is 25.8. The van der Waals surface area contributed by atoms with Crippen molar-refractivity contribution in [3.05, 3.63) is 29.3 Å². The van der Waals surface area contributed by atoms with Crippen LogP contribution >= 0.6 is 11.6 Å². The third-order valence-electron chi connectivity index (χ3n) is 3.71. The standard InChI is InChI=1S/C13H13ClN2O3/c1-13-7-19-6-10(13)15-12(18)16(11(13)17)9-4-2-3-8(14)5-9/h2-5,10H,6-7H2,1H3,(H,15,18). The van der Waals surface area contributed by atoms with E-state index in [0.29, 0.717) is 23.9 Å². The number of hydrogen-bond acceptors (Lipinski definition) is 3. The van der Waals surface area contributed by atoms with Crippen LogP contribution in [0.2, 0.25) is 5.02 Å². The topological polar surface area (TPSA) is 58.6 Å². The molecule has 0 radical (unpaired) electrons. The zero-order valence-corrected chi connectivity index (χ0v) is 11.1. The molecule has 3 amide bonds. The second-order valence-corrected chi connectivity index (χ2v) is 5.49. The van der Waals surface area contributed by atoms with Crippen LogP contribution in [0.25, 0.3) is 0 Å². The third kappa shape index (κ3) is 1.81. The summed E-state index contributed by atoms with van der Waals surface area (Å²) < 4.78 is 5.33. The van der Waals surface area contributed by atoms with Crippen molar-refractivity contribution in [2.45, 2.75) is 13.0 Å². The molecule has 2 aliphatic heterocycles. The fourth-order valence-electron chi connectivity index (χ4n) is 2.50. The lowest BCUT2D eigenvalue weighted by molar-refractivity contribution is -0.128. The number of nitrogens with zero attached hydrogens (tertiary/aromatic N) is 1. The van der Waals surface area contributed by atoms with E-state index in [4.69, 9.17) is 16.3 Å². The van der Waals surface area contributed by atoms with Crippen LogP contribution in [0.3, 0.4) is 0 Å². The van der Waals surface area contributed by atoms with E-state index in [1.54, 1.807) is 24.3 Å². The van der Waals surface area contributed by atoms with Gasteiger partial charge in [0.05, 0.1) is 30.4 Å². The summed E-state index contributed by atoms with van der Waals surface area (Å²) in [5, 5.41) is 3.30. The molecule has 1 aromatic carbocycles. The van der Waals surface area contributed by atoms with E-state index in [1.807, 2.05) is 6.92 Å². The Morgan fingerprint density at radius 3 is 3.00 bits per heavy atom. The van der Waals surface area contributed by atoms with Crippen molar-refractivity contribution in [3.8, 4) is 0 Å². The number of carbonyl (C=O) groups excluding carboxylic acids is 2. The maximum atomic E-state index is 12.6. The molecule has 0 aliphatic carbocycles. The Kier molecular flexibility index (Phi) is 2.76. The highest BCUT2D eigenvalue weighted by atomic mass is 35.5. The number of urea groups is 1. The lowest BCUT2D eigenvalue weighted by Crippen LogP contribution is -2.64.